The number of pyridine rings is 1. The second-order valence-electron chi connectivity index (χ2n) is 13.6. The van der Waals surface area contributed by atoms with Gasteiger partial charge in [-0.25, -0.2) is 4.98 Å². The molecular weight excluding hydrogens is 492 g/mol. The zero-order chi connectivity index (χ0) is 27.6. The number of aromatic nitrogens is 2. The third-order valence-electron chi connectivity index (χ3n) is 11.9. The van der Waals surface area contributed by atoms with Gasteiger partial charge >= 0.3 is 0 Å². The highest BCUT2D eigenvalue weighted by molar-refractivity contribution is 5.91. The first-order chi connectivity index (χ1) is 19.4. The van der Waals surface area contributed by atoms with Crippen LogP contribution in [0.25, 0.3) is 16.9 Å². The number of aryl methyl sites for hydroxylation is 2. The third kappa shape index (κ3) is 3.89. The summed E-state index contributed by atoms with van der Waals surface area (Å²) in [5.74, 6) is 3.16. The number of hydrogen-bond acceptors (Lipinski definition) is 3. The van der Waals surface area contributed by atoms with Crippen molar-refractivity contribution in [2.75, 3.05) is 7.11 Å². The monoisotopic (exact) mass is 536 g/mol. The summed E-state index contributed by atoms with van der Waals surface area (Å²) in [6, 6.07) is 13.3. The van der Waals surface area contributed by atoms with Crippen molar-refractivity contribution in [3.8, 4) is 11.3 Å². The van der Waals surface area contributed by atoms with E-state index in [0.29, 0.717) is 17.6 Å². The summed E-state index contributed by atoms with van der Waals surface area (Å²) in [7, 11) is 1.97. The van der Waals surface area contributed by atoms with Crippen LogP contribution in [0.3, 0.4) is 0 Å². The van der Waals surface area contributed by atoms with Crippen LogP contribution >= 0.6 is 0 Å². The molecule has 0 spiro atoms. The normalized spacial score (nSPS) is 33.4. The first kappa shape index (κ1) is 26.2. The van der Waals surface area contributed by atoms with Crippen LogP contribution in [0.2, 0.25) is 0 Å². The van der Waals surface area contributed by atoms with E-state index in [1.807, 2.05) is 13.2 Å². The first-order valence-corrected chi connectivity index (χ1v) is 15.7. The van der Waals surface area contributed by atoms with Crippen LogP contribution in [0.1, 0.15) is 82.0 Å². The molecule has 1 aromatic carbocycles. The van der Waals surface area contributed by atoms with Gasteiger partial charge in [-0.2, -0.15) is 0 Å². The Labute approximate surface area is 239 Å². The molecule has 0 aliphatic heterocycles. The van der Waals surface area contributed by atoms with E-state index in [4.69, 9.17) is 9.72 Å². The van der Waals surface area contributed by atoms with E-state index in [9.17, 15) is 4.79 Å². The minimum Gasteiger partial charge on any atom is -0.377 e. The van der Waals surface area contributed by atoms with Crippen molar-refractivity contribution < 1.29 is 9.53 Å². The van der Waals surface area contributed by atoms with Crippen LogP contribution in [0.4, 0.5) is 0 Å². The Morgan fingerprint density at radius 1 is 1.00 bits per heavy atom. The number of nitrogens with zero attached hydrogens (tertiary/aromatic N) is 2. The highest BCUT2D eigenvalue weighted by Crippen LogP contribution is 2.66. The summed E-state index contributed by atoms with van der Waals surface area (Å²) in [5, 5.41) is 0. The average molecular weight is 537 g/mol. The number of methoxy groups -OCH3 is 1. The van der Waals surface area contributed by atoms with Gasteiger partial charge in [0.1, 0.15) is 5.65 Å². The molecule has 4 aliphatic carbocycles. The van der Waals surface area contributed by atoms with Gasteiger partial charge < -0.3 is 9.14 Å². The molecule has 3 fully saturated rings. The highest BCUT2D eigenvalue weighted by atomic mass is 16.5. The molecule has 2 aromatic heterocycles. The lowest BCUT2D eigenvalue weighted by atomic mass is 9.50. The van der Waals surface area contributed by atoms with Gasteiger partial charge in [0.25, 0.3) is 0 Å². The molecule has 0 bridgehead atoms. The Morgan fingerprint density at radius 3 is 2.60 bits per heavy atom. The summed E-state index contributed by atoms with van der Waals surface area (Å²) in [6.07, 6.45) is 15.2. The van der Waals surface area contributed by atoms with Crippen LogP contribution in [0.15, 0.2) is 54.2 Å². The summed E-state index contributed by atoms with van der Waals surface area (Å²) in [6.45, 7) is 6.94. The van der Waals surface area contributed by atoms with Crippen LogP contribution in [0, 0.1) is 36.0 Å². The maximum atomic E-state index is 12.2. The predicted octanol–water partition coefficient (Wildman–Crippen LogP) is 7.94. The number of imidazole rings is 1. The molecule has 6 atom stereocenters. The van der Waals surface area contributed by atoms with Crippen molar-refractivity contribution in [3.05, 3.63) is 71.1 Å². The summed E-state index contributed by atoms with van der Waals surface area (Å²) < 4.78 is 9.10. The number of ketones is 1. The third-order valence-corrected chi connectivity index (χ3v) is 11.9. The van der Waals surface area contributed by atoms with E-state index in [1.54, 1.807) is 0 Å². The Kier molecular flexibility index (Phi) is 6.34. The van der Waals surface area contributed by atoms with Gasteiger partial charge in [0.15, 0.2) is 5.78 Å². The molecule has 2 heterocycles. The Bertz CT molecular complexity index is 1480. The SMILES string of the molecule is CCc1ccc(-c2nc3ccc(C)cn3c2C[C@]2(OC)CC[C@H]3[C@@H]4CCC5=CC(=O)CC[C@@H]5[C@H]4CC[C@@]32C)cc1. The zero-order valence-corrected chi connectivity index (χ0v) is 24.7. The van der Waals surface area contributed by atoms with E-state index in [0.717, 1.165) is 61.7 Å². The Hall–Kier alpha value is -2.72. The van der Waals surface area contributed by atoms with E-state index in [1.165, 1.54) is 53.6 Å². The summed E-state index contributed by atoms with van der Waals surface area (Å²) in [4.78, 5) is 17.4. The van der Waals surface area contributed by atoms with Crippen molar-refractivity contribution >= 4 is 11.4 Å². The second kappa shape index (κ2) is 9.69. The van der Waals surface area contributed by atoms with Crippen molar-refractivity contribution in [2.45, 2.75) is 90.6 Å². The fourth-order valence-corrected chi connectivity index (χ4v) is 9.74. The van der Waals surface area contributed by atoms with Gasteiger partial charge in [0, 0.05) is 37.1 Å². The lowest BCUT2D eigenvalue weighted by Gasteiger charge is -2.56. The largest absolute Gasteiger partial charge is 0.377 e. The van der Waals surface area contributed by atoms with Crippen LogP contribution in [0.5, 0.6) is 0 Å². The number of ether oxygens (including phenoxy) is 1. The number of rotatable bonds is 5. The Balaban J connectivity index is 1.27. The van der Waals surface area contributed by atoms with Crippen molar-refractivity contribution in [3.63, 3.8) is 0 Å². The average Bonchev–Trinajstić information content (AvgIpc) is 3.47. The molecule has 3 aromatic rings. The lowest BCUT2D eigenvalue weighted by Crippen LogP contribution is -2.54. The summed E-state index contributed by atoms with van der Waals surface area (Å²) >= 11 is 0. The van der Waals surface area contributed by atoms with Crippen LogP contribution in [-0.2, 0) is 22.4 Å². The molecule has 0 N–H and O–H groups in total. The van der Waals surface area contributed by atoms with Gasteiger partial charge in [-0.3, -0.25) is 4.79 Å². The molecule has 7 rings (SSSR count). The van der Waals surface area contributed by atoms with Gasteiger partial charge in [0.2, 0.25) is 0 Å². The molecule has 4 nitrogen and oxygen atoms in total. The van der Waals surface area contributed by atoms with Gasteiger partial charge in [-0.1, -0.05) is 49.8 Å². The summed E-state index contributed by atoms with van der Waals surface area (Å²) in [5.41, 5.74) is 8.60. The molecule has 210 valence electrons. The predicted molar refractivity (Wildman–Crippen MR) is 160 cm³/mol. The maximum Gasteiger partial charge on any atom is 0.155 e. The van der Waals surface area contributed by atoms with E-state index < -0.39 is 0 Å². The minimum atomic E-state index is -0.209. The quantitative estimate of drug-likeness (QED) is 0.332. The molecule has 0 radical (unpaired) electrons. The van der Waals surface area contributed by atoms with Crippen molar-refractivity contribution in [1.29, 1.82) is 0 Å². The molecule has 4 heteroatoms. The van der Waals surface area contributed by atoms with E-state index in [2.05, 4.69) is 67.8 Å². The van der Waals surface area contributed by atoms with Crippen molar-refractivity contribution in [1.82, 2.24) is 9.38 Å². The number of hydrogen-bond donors (Lipinski definition) is 0. The zero-order valence-electron chi connectivity index (χ0n) is 24.7. The topological polar surface area (TPSA) is 43.6 Å². The van der Waals surface area contributed by atoms with Gasteiger partial charge in [-0.15, -0.1) is 0 Å². The smallest absolute Gasteiger partial charge is 0.155 e. The number of fused-ring (bicyclic) bond motifs is 6. The highest BCUT2D eigenvalue weighted by Gasteiger charge is 2.63. The van der Waals surface area contributed by atoms with Crippen LogP contribution < -0.4 is 0 Å². The fourth-order valence-electron chi connectivity index (χ4n) is 9.74. The molecule has 4 aliphatic rings. The lowest BCUT2D eigenvalue weighted by molar-refractivity contribution is -0.137. The van der Waals surface area contributed by atoms with Crippen molar-refractivity contribution in [2.24, 2.45) is 29.1 Å². The van der Waals surface area contributed by atoms with E-state index in [-0.39, 0.29) is 11.0 Å². The Morgan fingerprint density at radius 2 is 1.82 bits per heavy atom. The molecule has 0 saturated heterocycles. The van der Waals surface area contributed by atoms with E-state index >= 15 is 0 Å². The molecule has 0 unspecified atom stereocenters. The number of allylic oxidation sites excluding steroid dienone is 1. The van der Waals surface area contributed by atoms with Gasteiger partial charge in [0.05, 0.1) is 17.0 Å². The molecule has 0 amide bonds. The number of benzene rings is 1. The molecule has 3 saturated carbocycles. The number of carbonyl (C=O) groups is 1. The molecular formula is C36H44N2O2. The first-order valence-electron chi connectivity index (χ1n) is 15.7. The maximum absolute atomic E-state index is 12.2. The van der Waals surface area contributed by atoms with Gasteiger partial charge in [-0.05, 0) is 105 Å². The molecule has 40 heavy (non-hydrogen) atoms. The minimum absolute atomic E-state index is 0.131. The number of carbonyl (C=O) groups excluding carboxylic acids is 1. The second-order valence-corrected chi connectivity index (χ2v) is 13.6. The standard InChI is InChI=1S/C36H44N2O2/c1-5-24-7-9-25(10-8-24)34-32(38-22-23(2)6-15-33(38)37-34)21-36(40-4)19-17-31-30-13-11-26-20-27(39)12-14-28(26)29(30)16-18-35(31,36)3/h6-10,15,20,22,28-31H,5,11-14,16-19,21H2,1-4H3/t28-,29+,30+,31-,35-,36+/m0/s1. The fraction of sp³-hybridized carbons (Fsp3) is 0.556. The van der Waals surface area contributed by atoms with Crippen LogP contribution in [-0.4, -0.2) is 27.9 Å².